The minimum atomic E-state index is -0.352. The molecule has 0 rings (SSSR count). The molecule has 0 amide bonds. The average molecular weight is 503 g/mol. The zero-order valence-electron chi connectivity index (χ0n) is 19.8. The summed E-state index contributed by atoms with van der Waals surface area (Å²) in [6, 6.07) is 0. The van der Waals surface area contributed by atoms with E-state index in [2.05, 4.69) is 40.8 Å². The summed E-state index contributed by atoms with van der Waals surface area (Å²) < 4.78 is 23.9. The average Bonchev–Trinajstić information content (AvgIpc) is 2.72. The van der Waals surface area contributed by atoms with Crippen molar-refractivity contribution in [2.45, 2.75) is 90.1 Å². The number of rotatable bonds is 22. The van der Waals surface area contributed by atoms with E-state index < -0.39 is 0 Å². The van der Waals surface area contributed by atoms with Gasteiger partial charge in [-0.2, -0.15) is 0 Å². The maximum absolute atomic E-state index is 5.97. The van der Waals surface area contributed by atoms with Gasteiger partial charge in [-0.1, -0.05) is 34.7 Å². The van der Waals surface area contributed by atoms with E-state index in [0.29, 0.717) is 0 Å². The molecule has 0 aromatic heterocycles. The highest BCUT2D eigenvalue weighted by molar-refractivity contribution is 9.09. The normalized spacial score (nSPS) is 13.4. The van der Waals surface area contributed by atoms with Crippen LogP contribution in [0.5, 0.6) is 0 Å². The molecule has 0 aliphatic heterocycles. The van der Waals surface area contributed by atoms with E-state index >= 15 is 0 Å². The zero-order valence-corrected chi connectivity index (χ0v) is 25.0. The lowest BCUT2D eigenvalue weighted by atomic mass is 10.2. The summed E-state index contributed by atoms with van der Waals surface area (Å²) in [4.78, 5) is 0. The first kappa shape index (κ1) is 30.3. The number of ether oxygens (including phenoxy) is 4. The van der Waals surface area contributed by atoms with Crippen molar-refractivity contribution in [3.8, 4) is 0 Å². The molecule has 0 aromatic carbocycles. The Morgan fingerprint density at radius 3 is 1.21 bits per heavy atom. The van der Waals surface area contributed by atoms with Gasteiger partial charge in [0.1, 0.15) is 10.8 Å². The molecular formula is C20H46O4S3Si2. The van der Waals surface area contributed by atoms with Gasteiger partial charge in [-0.25, -0.2) is 0 Å². The highest BCUT2D eigenvalue weighted by atomic mass is 33.5. The Bertz CT molecular complexity index is 325. The summed E-state index contributed by atoms with van der Waals surface area (Å²) in [5.74, 6) is 2.41. The minimum Gasteiger partial charge on any atom is -0.355 e. The molecule has 0 heterocycles. The zero-order chi connectivity index (χ0) is 21.8. The fourth-order valence-electron chi connectivity index (χ4n) is 3.40. The summed E-state index contributed by atoms with van der Waals surface area (Å²) in [6.45, 7) is 15.9. The topological polar surface area (TPSA) is 36.9 Å². The van der Waals surface area contributed by atoms with Crippen molar-refractivity contribution in [1.82, 2.24) is 0 Å². The predicted molar refractivity (Wildman–Crippen MR) is 141 cm³/mol. The summed E-state index contributed by atoms with van der Waals surface area (Å²) in [5.41, 5.74) is -0.453. The second-order valence-corrected chi connectivity index (χ2v) is 14.9. The first-order valence-electron chi connectivity index (χ1n) is 11.5. The van der Waals surface area contributed by atoms with Gasteiger partial charge in [-0.15, -0.1) is 0 Å². The van der Waals surface area contributed by atoms with Crippen molar-refractivity contribution in [3.05, 3.63) is 0 Å². The Hall–Kier alpha value is 1.32. The first-order chi connectivity index (χ1) is 14.1. The second kappa shape index (κ2) is 20.0. The van der Waals surface area contributed by atoms with E-state index in [0.717, 1.165) is 39.3 Å². The number of unbranched alkanes of at least 4 members (excludes halogenated alkanes) is 2. The summed E-state index contributed by atoms with van der Waals surface area (Å²) in [5, 5.41) is 0. The van der Waals surface area contributed by atoms with Crippen LogP contribution in [0, 0.1) is 0 Å². The molecule has 4 nitrogen and oxygen atoms in total. The van der Waals surface area contributed by atoms with Crippen LogP contribution in [0.3, 0.4) is 0 Å². The Kier molecular flexibility index (Phi) is 20.9. The maximum atomic E-state index is 5.97. The summed E-state index contributed by atoms with van der Waals surface area (Å²) >= 11 is 0. The SMILES string of the molecule is CCOC(CCCCSSSCCCCC(OCC)(OCC)[SiH2]C)(OCC)[SiH2]C. The van der Waals surface area contributed by atoms with Crippen molar-refractivity contribution < 1.29 is 18.9 Å². The molecule has 0 aromatic rings. The molecule has 176 valence electrons. The number of hydrogen-bond acceptors (Lipinski definition) is 7. The van der Waals surface area contributed by atoms with Crippen LogP contribution in [0.4, 0.5) is 0 Å². The molecule has 9 heteroatoms. The Morgan fingerprint density at radius 1 is 0.586 bits per heavy atom. The second-order valence-electron chi connectivity index (χ2n) is 6.89. The molecule has 0 saturated heterocycles. The molecule has 0 radical (unpaired) electrons. The van der Waals surface area contributed by atoms with E-state index in [9.17, 15) is 0 Å². The molecule has 0 aliphatic carbocycles. The monoisotopic (exact) mass is 502 g/mol. The third-order valence-corrected chi connectivity index (χ3v) is 13.0. The molecule has 0 bridgehead atoms. The summed E-state index contributed by atoms with van der Waals surface area (Å²) in [7, 11) is 5.22. The van der Waals surface area contributed by atoms with Gasteiger partial charge in [-0.3, -0.25) is 0 Å². The van der Waals surface area contributed by atoms with Crippen molar-refractivity contribution in [2.75, 3.05) is 37.9 Å². The van der Waals surface area contributed by atoms with Gasteiger partial charge in [0.05, 0.1) is 19.0 Å². The highest BCUT2D eigenvalue weighted by Crippen LogP contribution is 2.36. The standard InChI is InChI=1S/C20H46O4S3Si2/c1-7-21-19(28-5,22-8-2)15-11-13-17-25-27-26-18-14-12-16-20(29-6,23-9-3)24-10-4/h7-18,28-29H2,1-6H3. The van der Waals surface area contributed by atoms with Crippen LogP contribution in [0.2, 0.25) is 13.1 Å². The molecule has 0 saturated carbocycles. The van der Waals surface area contributed by atoms with Crippen molar-refractivity contribution >= 4 is 50.5 Å². The van der Waals surface area contributed by atoms with Crippen LogP contribution in [0.15, 0.2) is 0 Å². The van der Waals surface area contributed by atoms with Gasteiger partial charge < -0.3 is 18.9 Å². The predicted octanol–water partition coefficient (Wildman–Crippen LogP) is 5.24. The molecular weight excluding hydrogens is 457 g/mol. The number of hydrogen-bond donors (Lipinski definition) is 0. The highest BCUT2D eigenvalue weighted by Gasteiger charge is 2.29. The van der Waals surface area contributed by atoms with Crippen LogP contribution in [-0.2, 0) is 18.9 Å². The Balaban J connectivity index is 3.77. The first-order valence-corrected chi connectivity index (χ1v) is 19.6. The molecule has 0 fully saturated rings. The van der Waals surface area contributed by atoms with Gasteiger partial charge in [0, 0.05) is 37.9 Å². The van der Waals surface area contributed by atoms with Crippen molar-refractivity contribution in [3.63, 3.8) is 0 Å². The van der Waals surface area contributed by atoms with Gasteiger partial charge in [0.2, 0.25) is 0 Å². The lowest BCUT2D eigenvalue weighted by molar-refractivity contribution is -0.179. The van der Waals surface area contributed by atoms with Gasteiger partial charge in [0.15, 0.2) is 0 Å². The van der Waals surface area contributed by atoms with E-state index in [1.54, 1.807) is 0 Å². The van der Waals surface area contributed by atoms with E-state index in [1.807, 2.05) is 31.4 Å². The molecule has 0 unspecified atom stereocenters. The van der Waals surface area contributed by atoms with Crippen LogP contribution < -0.4 is 0 Å². The van der Waals surface area contributed by atoms with Gasteiger partial charge in [-0.05, 0) is 76.0 Å². The molecule has 0 atom stereocenters. The van der Waals surface area contributed by atoms with Gasteiger partial charge >= 0.3 is 0 Å². The lowest BCUT2D eigenvalue weighted by Gasteiger charge is -2.32. The smallest absolute Gasteiger partial charge is 0.144 e. The van der Waals surface area contributed by atoms with Crippen LogP contribution >= 0.6 is 31.4 Å². The van der Waals surface area contributed by atoms with Crippen molar-refractivity contribution in [2.24, 2.45) is 0 Å². The van der Waals surface area contributed by atoms with E-state index in [1.165, 1.54) is 37.2 Å². The molecule has 0 aliphatic rings. The molecule has 0 N–H and O–H groups in total. The quantitative estimate of drug-likeness (QED) is 0.0866. The van der Waals surface area contributed by atoms with Crippen LogP contribution in [-0.4, -0.2) is 67.8 Å². The minimum absolute atomic E-state index is 0.227. The van der Waals surface area contributed by atoms with E-state index in [-0.39, 0.29) is 29.9 Å². The fraction of sp³-hybridized carbons (Fsp3) is 1.00. The molecule has 0 spiro atoms. The van der Waals surface area contributed by atoms with Crippen molar-refractivity contribution in [1.29, 1.82) is 0 Å². The fourth-order valence-corrected chi connectivity index (χ4v) is 10.2. The van der Waals surface area contributed by atoms with Crippen LogP contribution in [0.25, 0.3) is 0 Å². The largest absolute Gasteiger partial charge is 0.355 e. The lowest BCUT2D eigenvalue weighted by Crippen LogP contribution is -2.41. The molecule has 29 heavy (non-hydrogen) atoms. The van der Waals surface area contributed by atoms with Crippen LogP contribution in [0.1, 0.15) is 66.2 Å². The Labute approximate surface area is 196 Å². The van der Waals surface area contributed by atoms with Gasteiger partial charge in [0.25, 0.3) is 0 Å². The third-order valence-electron chi connectivity index (χ3n) is 4.87. The Morgan fingerprint density at radius 2 is 0.931 bits per heavy atom. The summed E-state index contributed by atoms with van der Waals surface area (Å²) in [6.07, 6.45) is 6.96. The van der Waals surface area contributed by atoms with E-state index in [4.69, 9.17) is 18.9 Å². The third kappa shape index (κ3) is 14.2. The maximum Gasteiger partial charge on any atom is 0.144 e.